The molecule has 7 atom stereocenters. The largest absolute Gasteiger partial charge is 0.465 e. The molecule has 4 rings (SSSR count). The number of ether oxygens (including phenoxy) is 2. The zero-order chi connectivity index (χ0) is 21.2. The molecule has 2 bridgehead atoms. The van der Waals surface area contributed by atoms with Crippen LogP contribution in [0.4, 0.5) is 0 Å². The van der Waals surface area contributed by atoms with Gasteiger partial charge in [-0.3, -0.25) is 4.79 Å². The second-order valence-corrected chi connectivity index (χ2v) is 9.36. The summed E-state index contributed by atoms with van der Waals surface area (Å²) in [5, 5.41) is 34.3. The third-order valence-corrected chi connectivity index (χ3v) is 8.14. The highest BCUT2D eigenvalue weighted by atomic mass is 16.6. The van der Waals surface area contributed by atoms with E-state index in [1.54, 1.807) is 37.3 Å². The molecule has 1 aliphatic heterocycles. The van der Waals surface area contributed by atoms with E-state index in [4.69, 9.17) is 9.47 Å². The molecule has 0 aromatic heterocycles. The van der Waals surface area contributed by atoms with Crippen molar-refractivity contribution in [3.63, 3.8) is 0 Å². The van der Waals surface area contributed by atoms with Gasteiger partial charge in [0.05, 0.1) is 29.1 Å². The summed E-state index contributed by atoms with van der Waals surface area (Å²) in [6.07, 6.45) is -1.88. The summed E-state index contributed by atoms with van der Waals surface area (Å²) in [5.41, 5.74) is -5.65. The first-order valence-electron chi connectivity index (χ1n) is 10.0. The number of carbonyl (C=O) groups excluding carboxylic acids is 2. The minimum absolute atomic E-state index is 0.0156. The van der Waals surface area contributed by atoms with Crippen LogP contribution in [0, 0.1) is 16.7 Å². The van der Waals surface area contributed by atoms with E-state index in [1.807, 2.05) is 6.92 Å². The van der Waals surface area contributed by atoms with Crippen LogP contribution in [0.2, 0.25) is 0 Å². The maximum Gasteiger partial charge on any atom is 0.338 e. The Labute approximate surface area is 169 Å². The van der Waals surface area contributed by atoms with Gasteiger partial charge in [-0.05, 0) is 37.8 Å². The molecule has 1 aromatic rings. The zero-order valence-corrected chi connectivity index (χ0v) is 16.9. The van der Waals surface area contributed by atoms with Gasteiger partial charge in [0.25, 0.3) is 0 Å². The van der Waals surface area contributed by atoms with Gasteiger partial charge in [0.15, 0.2) is 0 Å². The van der Waals surface area contributed by atoms with Crippen LogP contribution in [0.5, 0.6) is 0 Å². The highest BCUT2D eigenvalue weighted by Crippen LogP contribution is 2.69. The zero-order valence-electron chi connectivity index (χ0n) is 16.9. The van der Waals surface area contributed by atoms with Crippen molar-refractivity contribution in [3.8, 4) is 0 Å². The first kappa shape index (κ1) is 20.3. The summed E-state index contributed by atoms with van der Waals surface area (Å²) < 4.78 is 11.2. The Morgan fingerprint density at radius 1 is 1.21 bits per heavy atom. The predicted octanol–water partition coefficient (Wildman–Crippen LogP) is 1.44. The molecule has 7 heteroatoms. The Bertz CT molecular complexity index is 837. The van der Waals surface area contributed by atoms with E-state index in [9.17, 15) is 24.9 Å². The first-order chi connectivity index (χ1) is 13.5. The van der Waals surface area contributed by atoms with Crippen molar-refractivity contribution in [2.75, 3.05) is 6.61 Å². The number of aliphatic hydroxyl groups is 3. The minimum Gasteiger partial charge on any atom is -0.465 e. The first-order valence-corrected chi connectivity index (χ1v) is 10.0. The fraction of sp³-hybridized carbons (Fsp3) is 0.636. The topological polar surface area (TPSA) is 113 Å². The van der Waals surface area contributed by atoms with E-state index in [2.05, 4.69) is 0 Å². The number of rotatable bonds is 2. The van der Waals surface area contributed by atoms with Gasteiger partial charge in [0.1, 0.15) is 18.3 Å². The number of carbonyl (C=O) groups is 2. The lowest BCUT2D eigenvalue weighted by Crippen LogP contribution is -2.77. The van der Waals surface area contributed by atoms with Gasteiger partial charge in [-0.2, -0.15) is 0 Å². The molecule has 0 spiro atoms. The molecule has 1 aromatic carbocycles. The quantitative estimate of drug-likeness (QED) is 0.639. The monoisotopic (exact) mass is 404 g/mol. The van der Waals surface area contributed by atoms with Crippen molar-refractivity contribution in [2.24, 2.45) is 16.7 Å². The fourth-order valence-electron chi connectivity index (χ4n) is 6.05. The van der Waals surface area contributed by atoms with Crippen LogP contribution in [0.1, 0.15) is 50.4 Å². The average Bonchev–Trinajstić information content (AvgIpc) is 2.83. The Morgan fingerprint density at radius 3 is 2.52 bits per heavy atom. The smallest absolute Gasteiger partial charge is 0.338 e. The van der Waals surface area contributed by atoms with E-state index in [-0.39, 0.29) is 25.4 Å². The molecule has 29 heavy (non-hydrogen) atoms. The van der Waals surface area contributed by atoms with Crippen LogP contribution in [-0.2, 0) is 14.3 Å². The summed E-state index contributed by atoms with van der Waals surface area (Å²) in [4.78, 5) is 25.2. The Balaban J connectivity index is 1.83. The van der Waals surface area contributed by atoms with Crippen molar-refractivity contribution < 1.29 is 34.4 Å². The number of hydrogen-bond donors (Lipinski definition) is 3. The van der Waals surface area contributed by atoms with E-state index in [0.29, 0.717) is 12.0 Å². The van der Waals surface area contributed by atoms with Crippen LogP contribution >= 0.6 is 0 Å². The number of hydrogen-bond acceptors (Lipinski definition) is 7. The maximum atomic E-state index is 12.8. The van der Waals surface area contributed by atoms with E-state index < -0.39 is 46.2 Å². The van der Waals surface area contributed by atoms with E-state index in [1.165, 1.54) is 6.92 Å². The molecule has 3 aliphatic rings. The molecule has 3 fully saturated rings. The minimum atomic E-state index is -1.75. The van der Waals surface area contributed by atoms with Gasteiger partial charge in [0, 0.05) is 5.41 Å². The second kappa shape index (κ2) is 6.27. The second-order valence-electron chi connectivity index (χ2n) is 9.36. The summed E-state index contributed by atoms with van der Waals surface area (Å²) in [6.45, 7) is 4.65. The van der Waals surface area contributed by atoms with E-state index in [0.717, 1.165) is 0 Å². The van der Waals surface area contributed by atoms with Gasteiger partial charge in [0.2, 0.25) is 0 Å². The van der Waals surface area contributed by atoms with Gasteiger partial charge >= 0.3 is 11.9 Å². The SMILES string of the molecule is CC1CC(OC(=O)c2ccccc2)C2(O)C13CC(=O)OCC2(C)C(C)(O)C(O)C3. The molecule has 3 N–H and O–H groups in total. The Hall–Kier alpha value is -1.96. The molecule has 0 radical (unpaired) electrons. The molecule has 7 nitrogen and oxygen atoms in total. The predicted molar refractivity (Wildman–Crippen MR) is 102 cm³/mol. The van der Waals surface area contributed by atoms with Crippen molar-refractivity contribution in [3.05, 3.63) is 35.9 Å². The number of aliphatic hydroxyl groups excluding tert-OH is 1. The molecule has 158 valence electrons. The van der Waals surface area contributed by atoms with Gasteiger partial charge in [-0.1, -0.05) is 32.0 Å². The molecule has 2 saturated carbocycles. The molecule has 2 aliphatic carbocycles. The Morgan fingerprint density at radius 2 is 1.86 bits per heavy atom. The van der Waals surface area contributed by atoms with Crippen LogP contribution in [0.25, 0.3) is 0 Å². The fourth-order valence-corrected chi connectivity index (χ4v) is 6.05. The molecular formula is C22H28O7. The number of esters is 2. The lowest BCUT2D eigenvalue weighted by Gasteiger charge is -2.63. The number of benzene rings is 1. The van der Waals surface area contributed by atoms with Gasteiger partial charge in [-0.25, -0.2) is 4.79 Å². The average molecular weight is 404 g/mol. The highest BCUT2D eigenvalue weighted by molar-refractivity contribution is 5.89. The summed E-state index contributed by atoms with van der Waals surface area (Å²) >= 11 is 0. The highest BCUT2D eigenvalue weighted by Gasteiger charge is 2.80. The molecular weight excluding hydrogens is 376 g/mol. The van der Waals surface area contributed by atoms with Gasteiger partial charge in [-0.15, -0.1) is 0 Å². The third kappa shape index (κ3) is 2.41. The lowest BCUT2D eigenvalue weighted by atomic mass is 9.45. The maximum absolute atomic E-state index is 12.8. The Kier molecular flexibility index (Phi) is 4.39. The third-order valence-electron chi connectivity index (χ3n) is 8.14. The summed E-state index contributed by atoms with van der Waals surface area (Å²) in [6, 6.07) is 8.49. The lowest BCUT2D eigenvalue weighted by molar-refractivity contribution is -0.315. The van der Waals surface area contributed by atoms with Crippen LogP contribution < -0.4 is 0 Å². The summed E-state index contributed by atoms with van der Waals surface area (Å²) in [5.74, 6) is -1.30. The number of cyclic esters (lactones) is 1. The standard InChI is InChI=1S/C22H28O7/c1-13-9-16(29-18(25)14-7-5-4-6-8-14)22(27)19(2)12-28-17(24)11-21(13,22)10-15(23)20(19,3)26/h4-8,13,15-16,23,26-27H,9-12H2,1-3H3. The van der Waals surface area contributed by atoms with Crippen molar-refractivity contribution in [2.45, 2.75) is 63.4 Å². The molecule has 0 amide bonds. The van der Waals surface area contributed by atoms with Crippen molar-refractivity contribution in [1.29, 1.82) is 0 Å². The van der Waals surface area contributed by atoms with Crippen molar-refractivity contribution in [1.82, 2.24) is 0 Å². The normalized spacial score (nSPS) is 46.4. The van der Waals surface area contributed by atoms with Crippen LogP contribution in [0.15, 0.2) is 30.3 Å². The summed E-state index contributed by atoms with van der Waals surface area (Å²) in [7, 11) is 0. The molecule has 7 unspecified atom stereocenters. The van der Waals surface area contributed by atoms with Crippen LogP contribution in [-0.4, -0.2) is 57.3 Å². The molecule has 1 saturated heterocycles. The van der Waals surface area contributed by atoms with E-state index >= 15 is 0 Å². The molecule has 1 heterocycles. The van der Waals surface area contributed by atoms with Gasteiger partial charge < -0.3 is 24.8 Å². The van der Waals surface area contributed by atoms with Crippen molar-refractivity contribution >= 4 is 11.9 Å². The van der Waals surface area contributed by atoms with Crippen LogP contribution in [0.3, 0.4) is 0 Å².